The Morgan fingerprint density at radius 3 is 2.27 bits per heavy atom. The van der Waals surface area contributed by atoms with E-state index >= 15 is 0 Å². The highest BCUT2D eigenvalue weighted by Crippen LogP contribution is 2.17. The number of anilines is 1. The molecule has 0 aliphatic heterocycles. The minimum atomic E-state index is 0.00870. The van der Waals surface area contributed by atoms with E-state index in [1.165, 1.54) is 11.1 Å². The Kier molecular flexibility index (Phi) is 5.16. The number of hydrogen-bond donors (Lipinski definition) is 1. The van der Waals surface area contributed by atoms with E-state index in [4.69, 9.17) is 0 Å². The maximum Gasteiger partial charge on any atom is 0.187 e. The van der Waals surface area contributed by atoms with Crippen LogP contribution in [0.1, 0.15) is 46.8 Å². The van der Waals surface area contributed by atoms with Crippen LogP contribution in [0.4, 0.5) is 5.69 Å². The molecule has 22 heavy (non-hydrogen) atoms. The Morgan fingerprint density at radius 1 is 1.00 bits per heavy atom. The standard InChI is InChI=1S/C20H23NO/c1-14(2)17-7-9-19(10-8-17)21-12-11-20(22)18-6-5-15(3)16(4)13-18/h5-14,21H,1-4H3. The summed E-state index contributed by atoms with van der Waals surface area (Å²) in [5.74, 6) is 0.533. The molecule has 1 N–H and O–H groups in total. The second-order valence-corrected chi connectivity index (χ2v) is 5.92. The van der Waals surface area contributed by atoms with Crippen molar-refractivity contribution in [1.82, 2.24) is 0 Å². The zero-order chi connectivity index (χ0) is 16.1. The van der Waals surface area contributed by atoms with Crippen molar-refractivity contribution >= 4 is 11.5 Å². The first-order valence-electron chi connectivity index (χ1n) is 7.62. The van der Waals surface area contributed by atoms with Gasteiger partial charge in [0.05, 0.1) is 0 Å². The lowest BCUT2D eigenvalue weighted by Crippen LogP contribution is -1.98. The Labute approximate surface area is 132 Å². The van der Waals surface area contributed by atoms with Crippen LogP contribution in [0.5, 0.6) is 0 Å². The van der Waals surface area contributed by atoms with Crippen molar-refractivity contribution in [2.45, 2.75) is 33.6 Å². The highest BCUT2D eigenvalue weighted by Gasteiger charge is 2.03. The zero-order valence-corrected chi connectivity index (χ0v) is 13.7. The number of carbonyl (C=O) groups excluding carboxylic acids is 1. The van der Waals surface area contributed by atoms with Crippen LogP contribution in [0.3, 0.4) is 0 Å². The van der Waals surface area contributed by atoms with Crippen molar-refractivity contribution in [3.05, 3.63) is 77.0 Å². The van der Waals surface area contributed by atoms with Crippen LogP contribution in [-0.4, -0.2) is 5.78 Å². The third-order valence-electron chi connectivity index (χ3n) is 3.85. The van der Waals surface area contributed by atoms with Crippen LogP contribution in [0.15, 0.2) is 54.7 Å². The number of allylic oxidation sites excluding steroid dienone is 1. The zero-order valence-electron chi connectivity index (χ0n) is 13.7. The molecule has 2 rings (SSSR count). The molecular weight excluding hydrogens is 270 g/mol. The van der Waals surface area contributed by atoms with E-state index in [1.807, 2.05) is 44.2 Å². The van der Waals surface area contributed by atoms with Gasteiger partial charge in [-0.25, -0.2) is 0 Å². The molecular formula is C20H23NO. The number of nitrogens with one attached hydrogen (secondary N) is 1. The van der Waals surface area contributed by atoms with Gasteiger partial charge in [0.25, 0.3) is 0 Å². The van der Waals surface area contributed by atoms with Gasteiger partial charge in [0, 0.05) is 23.5 Å². The lowest BCUT2D eigenvalue weighted by atomic mass is 10.0. The van der Waals surface area contributed by atoms with Gasteiger partial charge in [-0.1, -0.05) is 38.1 Å². The van der Waals surface area contributed by atoms with E-state index in [0.29, 0.717) is 5.92 Å². The van der Waals surface area contributed by atoms with Crippen molar-refractivity contribution in [3.8, 4) is 0 Å². The van der Waals surface area contributed by atoms with E-state index in [1.54, 1.807) is 12.3 Å². The lowest BCUT2D eigenvalue weighted by Gasteiger charge is -2.06. The molecule has 2 aromatic carbocycles. The summed E-state index contributed by atoms with van der Waals surface area (Å²) < 4.78 is 0. The molecule has 2 heteroatoms. The normalized spacial score (nSPS) is 11.1. The molecule has 0 aliphatic rings. The van der Waals surface area contributed by atoms with E-state index in [2.05, 4.69) is 31.3 Å². The van der Waals surface area contributed by atoms with Crippen molar-refractivity contribution in [1.29, 1.82) is 0 Å². The van der Waals surface area contributed by atoms with Crippen LogP contribution in [0.25, 0.3) is 0 Å². The predicted octanol–water partition coefficient (Wildman–Crippen LogP) is 5.24. The van der Waals surface area contributed by atoms with Crippen LogP contribution in [0.2, 0.25) is 0 Å². The molecule has 0 saturated carbocycles. The summed E-state index contributed by atoms with van der Waals surface area (Å²) in [6.07, 6.45) is 3.27. The summed E-state index contributed by atoms with van der Waals surface area (Å²) in [5, 5.41) is 3.14. The number of benzene rings is 2. The maximum absolute atomic E-state index is 12.1. The molecule has 2 nitrogen and oxygen atoms in total. The summed E-state index contributed by atoms with van der Waals surface area (Å²) in [7, 11) is 0. The van der Waals surface area contributed by atoms with Crippen molar-refractivity contribution in [2.24, 2.45) is 0 Å². The minimum Gasteiger partial charge on any atom is -0.362 e. The van der Waals surface area contributed by atoms with Crippen LogP contribution >= 0.6 is 0 Å². The van der Waals surface area contributed by atoms with Crippen molar-refractivity contribution < 1.29 is 4.79 Å². The van der Waals surface area contributed by atoms with E-state index in [0.717, 1.165) is 16.8 Å². The summed E-state index contributed by atoms with van der Waals surface area (Å²) in [6.45, 7) is 8.40. The van der Waals surface area contributed by atoms with E-state index in [9.17, 15) is 4.79 Å². The third kappa shape index (κ3) is 4.08. The second kappa shape index (κ2) is 7.08. The molecule has 0 heterocycles. The first-order chi connectivity index (χ1) is 10.5. The molecule has 0 radical (unpaired) electrons. The van der Waals surface area contributed by atoms with Crippen molar-refractivity contribution in [3.63, 3.8) is 0 Å². The molecule has 0 aliphatic carbocycles. The number of ketones is 1. The van der Waals surface area contributed by atoms with Crippen LogP contribution in [-0.2, 0) is 0 Å². The van der Waals surface area contributed by atoms with Gasteiger partial charge < -0.3 is 5.32 Å². The fraction of sp³-hybridized carbons (Fsp3) is 0.250. The Morgan fingerprint density at radius 2 is 1.68 bits per heavy atom. The number of aryl methyl sites for hydroxylation is 2. The fourth-order valence-corrected chi connectivity index (χ4v) is 2.17. The van der Waals surface area contributed by atoms with Gasteiger partial charge in [-0.2, -0.15) is 0 Å². The highest BCUT2D eigenvalue weighted by atomic mass is 16.1. The summed E-state index contributed by atoms with van der Waals surface area (Å²) in [5.41, 5.74) is 5.34. The van der Waals surface area contributed by atoms with E-state index in [-0.39, 0.29) is 5.78 Å². The Hall–Kier alpha value is -2.35. The van der Waals surface area contributed by atoms with Gasteiger partial charge in [-0.05, 0) is 54.7 Å². The summed E-state index contributed by atoms with van der Waals surface area (Å²) in [4.78, 5) is 12.1. The largest absolute Gasteiger partial charge is 0.362 e. The first-order valence-corrected chi connectivity index (χ1v) is 7.62. The highest BCUT2D eigenvalue weighted by molar-refractivity contribution is 6.04. The van der Waals surface area contributed by atoms with Gasteiger partial charge in [-0.15, -0.1) is 0 Å². The number of carbonyl (C=O) groups is 1. The molecule has 0 bridgehead atoms. The molecule has 0 aromatic heterocycles. The van der Waals surface area contributed by atoms with Crippen LogP contribution in [0, 0.1) is 13.8 Å². The third-order valence-corrected chi connectivity index (χ3v) is 3.85. The number of hydrogen-bond acceptors (Lipinski definition) is 2. The van der Waals surface area contributed by atoms with Gasteiger partial charge >= 0.3 is 0 Å². The topological polar surface area (TPSA) is 29.1 Å². The average Bonchev–Trinajstić information content (AvgIpc) is 2.50. The molecule has 114 valence electrons. The molecule has 0 unspecified atom stereocenters. The molecule has 0 fully saturated rings. The molecule has 2 aromatic rings. The lowest BCUT2D eigenvalue weighted by molar-refractivity contribution is 0.104. The molecule has 0 saturated heterocycles. The molecule has 0 spiro atoms. The summed E-state index contributed by atoms with van der Waals surface area (Å²) >= 11 is 0. The maximum atomic E-state index is 12.1. The first kappa shape index (κ1) is 16.0. The van der Waals surface area contributed by atoms with E-state index < -0.39 is 0 Å². The Balaban J connectivity index is 1.99. The quantitative estimate of drug-likeness (QED) is 0.603. The second-order valence-electron chi connectivity index (χ2n) is 5.92. The Bertz CT molecular complexity index is 681. The average molecular weight is 293 g/mol. The summed E-state index contributed by atoms with van der Waals surface area (Å²) in [6, 6.07) is 14.0. The van der Waals surface area contributed by atoms with Gasteiger partial charge in [-0.3, -0.25) is 4.79 Å². The fourth-order valence-electron chi connectivity index (χ4n) is 2.17. The molecule has 0 amide bonds. The van der Waals surface area contributed by atoms with Gasteiger partial charge in [0.2, 0.25) is 0 Å². The van der Waals surface area contributed by atoms with Gasteiger partial charge in [0.15, 0.2) is 5.78 Å². The minimum absolute atomic E-state index is 0.00870. The van der Waals surface area contributed by atoms with Crippen molar-refractivity contribution in [2.75, 3.05) is 5.32 Å². The van der Waals surface area contributed by atoms with Gasteiger partial charge in [0.1, 0.15) is 0 Å². The molecule has 0 atom stereocenters. The van der Waals surface area contributed by atoms with Crippen LogP contribution < -0.4 is 5.32 Å². The predicted molar refractivity (Wildman–Crippen MR) is 93.5 cm³/mol. The smallest absolute Gasteiger partial charge is 0.187 e. The number of rotatable bonds is 5. The monoisotopic (exact) mass is 293 g/mol. The SMILES string of the molecule is Cc1ccc(C(=O)C=CNc2ccc(C(C)C)cc2)cc1C.